The van der Waals surface area contributed by atoms with Gasteiger partial charge < -0.3 is 10.2 Å². The molecule has 3 aliphatic rings. The second-order valence-corrected chi connectivity index (χ2v) is 7.97. The minimum Gasteiger partial charge on any atom is -0.317 e. The van der Waals surface area contributed by atoms with Crippen LogP contribution in [-0.4, -0.2) is 61.2 Å². The molecule has 19 heavy (non-hydrogen) atoms. The molecule has 0 aromatic heterocycles. The van der Waals surface area contributed by atoms with Crippen LogP contribution in [0.25, 0.3) is 0 Å². The first-order valence-corrected chi connectivity index (χ1v) is 8.18. The normalized spacial score (nSPS) is 32.7. The van der Waals surface area contributed by atoms with Gasteiger partial charge >= 0.3 is 0 Å². The quantitative estimate of drug-likeness (QED) is 0.821. The predicted octanol–water partition coefficient (Wildman–Crippen LogP) is 1.79. The van der Waals surface area contributed by atoms with Crippen LogP contribution in [0.2, 0.25) is 0 Å². The first-order valence-electron chi connectivity index (χ1n) is 8.18. The molecule has 0 amide bonds. The van der Waals surface area contributed by atoms with Crippen molar-refractivity contribution in [2.45, 2.75) is 45.6 Å². The number of hydrogen-bond donors (Lipinski definition) is 1. The lowest BCUT2D eigenvalue weighted by Crippen LogP contribution is -2.53. The Balaban J connectivity index is 1.44. The van der Waals surface area contributed by atoms with Gasteiger partial charge in [0.15, 0.2) is 0 Å². The molecule has 1 N–H and O–H groups in total. The van der Waals surface area contributed by atoms with E-state index in [9.17, 15) is 0 Å². The summed E-state index contributed by atoms with van der Waals surface area (Å²) in [6.07, 6.45) is 4.37. The molecule has 3 fully saturated rings. The molecule has 2 heterocycles. The third-order valence-electron chi connectivity index (χ3n) is 5.76. The average Bonchev–Trinajstić information content (AvgIpc) is 3.01. The molecule has 1 spiro atoms. The smallest absolute Gasteiger partial charge is 0.0126 e. The highest BCUT2D eigenvalue weighted by Gasteiger charge is 2.53. The molecule has 0 bridgehead atoms. The lowest BCUT2D eigenvalue weighted by atomic mass is 9.92. The van der Waals surface area contributed by atoms with Gasteiger partial charge in [-0.2, -0.15) is 0 Å². The van der Waals surface area contributed by atoms with Gasteiger partial charge in [0.05, 0.1) is 0 Å². The van der Waals surface area contributed by atoms with Crippen molar-refractivity contribution in [1.29, 1.82) is 0 Å². The van der Waals surface area contributed by atoms with Gasteiger partial charge in [0.25, 0.3) is 0 Å². The molecule has 0 aromatic rings. The zero-order valence-corrected chi connectivity index (χ0v) is 13.0. The summed E-state index contributed by atoms with van der Waals surface area (Å²) in [5.41, 5.74) is 1.11. The van der Waals surface area contributed by atoms with Crippen LogP contribution < -0.4 is 5.32 Å². The van der Waals surface area contributed by atoms with Crippen molar-refractivity contribution in [3.8, 4) is 0 Å². The van der Waals surface area contributed by atoms with Gasteiger partial charge in [0.2, 0.25) is 0 Å². The van der Waals surface area contributed by atoms with Crippen LogP contribution >= 0.6 is 0 Å². The molecule has 3 nitrogen and oxygen atoms in total. The summed E-state index contributed by atoms with van der Waals surface area (Å²) < 4.78 is 0. The van der Waals surface area contributed by atoms with Gasteiger partial charge in [0, 0.05) is 38.3 Å². The van der Waals surface area contributed by atoms with E-state index >= 15 is 0 Å². The van der Waals surface area contributed by atoms with Crippen molar-refractivity contribution in [2.24, 2.45) is 11.3 Å². The van der Waals surface area contributed by atoms with E-state index in [0.717, 1.165) is 11.3 Å². The fraction of sp³-hybridized carbons (Fsp3) is 1.00. The minimum atomic E-state index is 0.349. The van der Waals surface area contributed by atoms with Crippen molar-refractivity contribution >= 4 is 0 Å². The molecule has 0 radical (unpaired) electrons. The van der Waals surface area contributed by atoms with Gasteiger partial charge in [0.1, 0.15) is 0 Å². The molecule has 110 valence electrons. The SMILES string of the molecule is CC(C)(C)N1CCN(CC2CC23CCNCC3)CC1. The highest BCUT2D eigenvalue weighted by molar-refractivity contribution is 5.05. The summed E-state index contributed by atoms with van der Waals surface area (Å²) >= 11 is 0. The Hall–Kier alpha value is -0.120. The van der Waals surface area contributed by atoms with Crippen LogP contribution in [0, 0.1) is 11.3 Å². The van der Waals surface area contributed by atoms with Gasteiger partial charge in [-0.15, -0.1) is 0 Å². The Morgan fingerprint density at radius 3 is 2.26 bits per heavy atom. The highest BCUT2D eigenvalue weighted by atomic mass is 15.3. The van der Waals surface area contributed by atoms with Crippen LogP contribution in [0.1, 0.15) is 40.0 Å². The second kappa shape index (κ2) is 5.01. The third kappa shape index (κ3) is 2.98. The predicted molar refractivity (Wildman–Crippen MR) is 80.4 cm³/mol. The maximum Gasteiger partial charge on any atom is 0.0126 e. The summed E-state index contributed by atoms with van der Waals surface area (Å²) in [7, 11) is 0. The largest absolute Gasteiger partial charge is 0.317 e. The topological polar surface area (TPSA) is 18.5 Å². The van der Waals surface area contributed by atoms with E-state index in [0.29, 0.717) is 5.54 Å². The zero-order valence-electron chi connectivity index (χ0n) is 13.0. The standard InChI is InChI=1S/C16H31N3/c1-15(2,3)19-10-8-18(9-11-19)13-14-12-16(14)4-6-17-7-5-16/h14,17H,4-13H2,1-3H3. The fourth-order valence-electron chi connectivity index (χ4n) is 4.14. The lowest BCUT2D eigenvalue weighted by Gasteiger charge is -2.42. The summed E-state index contributed by atoms with van der Waals surface area (Å²) in [6.45, 7) is 16.0. The number of piperidine rings is 1. The van der Waals surface area contributed by atoms with Gasteiger partial charge in [-0.25, -0.2) is 0 Å². The van der Waals surface area contributed by atoms with Crippen molar-refractivity contribution < 1.29 is 0 Å². The number of nitrogens with zero attached hydrogens (tertiary/aromatic N) is 2. The summed E-state index contributed by atoms with van der Waals surface area (Å²) in [6, 6.07) is 0. The summed E-state index contributed by atoms with van der Waals surface area (Å²) in [5.74, 6) is 1.01. The van der Waals surface area contributed by atoms with E-state index in [1.165, 1.54) is 65.1 Å². The maximum absolute atomic E-state index is 3.51. The number of piperazine rings is 1. The van der Waals surface area contributed by atoms with E-state index in [1.807, 2.05) is 0 Å². The Bertz CT molecular complexity index is 306. The van der Waals surface area contributed by atoms with E-state index in [4.69, 9.17) is 0 Å². The number of rotatable bonds is 2. The first-order chi connectivity index (χ1) is 9.00. The molecule has 0 aromatic carbocycles. The van der Waals surface area contributed by atoms with Crippen LogP contribution in [0.3, 0.4) is 0 Å². The molecule has 1 saturated carbocycles. The Morgan fingerprint density at radius 1 is 1.05 bits per heavy atom. The minimum absolute atomic E-state index is 0.349. The first kappa shape index (κ1) is 13.8. The van der Waals surface area contributed by atoms with E-state index in [-0.39, 0.29) is 0 Å². The van der Waals surface area contributed by atoms with E-state index in [1.54, 1.807) is 0 Å². The fourth-order valence-corrected chi connectivity index (χ4v) is 4.14. The van der Waals surface area contributed by atoms with Crippen molar-refractivity contribution in [1.82, 2.24) is 15.1 Å². The molecule has 1 unspecified atom stereocenters. The molecule has 2 aliphatic heterocycles. The lowest BCUT2D eigenvalue weighted by molar-refractivity contribution is 0.0578. The van der Waals surface area contributed by atoms with Crippen molar-refractivity contribution in [3.05, 3.63) is 0 Å². The average molecular weight is 265 g/mol. The van der Waals surface area contributed by atoms with E-state index < -0.39 is 0 Å². The number of hydrogen-bond acceptors (Lipinski definition) is 3. The summed E-state index contributed by atoms with van der Waals surface area (Å²) in [5, 5.41) is 3.51. The Labute approximate surface area is 118 Å². The third-order valence-corrected chi connectivity index (χ3v) is 5.76. The van der Waals surface area contributed by atoms with Crippen LogP contribution in [0.4, 0.5) is 0 Å². The zero-order chi connectivity index (χ0) is 13.5. The van der Waals surface area contributed by atoms with Crippen molar-refractivity contribution in [2.75, 3.05) is 45.8 Å². The molecular weight excluding hydrogens is 234 g/mol. The molecule has 1 atom stereocenters. The monoisotopic (exact) mass is 265 g/mol. The molecule has 1 aliphatic carbocycles. The van der Waals surface area contributed by atoms with Crippen LogP contribution in [0.15, 0.2) is 0 Å². The molecule has 3 heteroatoms. The van der Waals surface area contributed by atoms with E-state index in [2.05, 4.69) is 35.9 Å². The number of nitrogens with one attached hydrogen (secondary N) is 1. The van der Waals surface area contributed by atoms with Crippen molar-refractivity contribution in [3.63, 3.8) is 0 Å². The van der Waals surface area contributed by atoms with Gasteiger partial charge in [-0.05, 0) is 64.5 Å². The van der Waals surface area contributed by atoms with Gasteiger partial charge in [-0.1, -0.05) is 0 Å². The summed E-state index contributed by atoms with van der Waals surface area (Å²) in [4.78, 5) is 5.36. The maximum atomic E-state index is 3.51. The molecule has 3 rings (SSSR count). The Morgan fingerprint density at radius 2 is 1.68 bits per heavy atom. The Kier molecular flexibility index (Phi) is 3.65. The highest BCUT2D eigenvalue weighted by Crippen LogP contribution is 2.58. The molecular formula is C16H31N3. The van der Waals surface area contributed by atoms with Crippen LogP contribution in [0.5, 0.6) is 0 Å². The molecule has 2 saturated heterocycles. The van der Waals surface area contributed by atoms with Crippen LogP contribution in [-0.2, 0) is 0 Å². The van der Waals surface area contributed by atoms with Gasteiger partial charge in [-0.3, -0.25) is 4.90 Å². The second-order valence-electron chi connectivity index (χ2n) is 7.97.